The number of hydrogen-bond acceptors (Lipinski definition) is 7. The predicted molar refractivity (Wildman–Crippen MR) is 72.8 cm³/mol. The molecular formula is C12H9N7S. The van der Waals surface area contributed by atoms with E-state index >= 15 is 0 Å². The van der Waals surface area contributed by atoms with Crippen molar-refractivity contribution in [3.63, 3.8) is 0 Å². The van der Waals surface area contributed by atoms with Gasteiger partial charge in [0.05, 0.1) is 12.2 Å². The van der Waals surface area contributed by atoms with Crippen LogP contribution in [0.4, 0.5) is 11.5 Å². The fraction of sp³-hybridized carbons (Fsp3) is 0.0833. The van der Waals surface area contributed by atoms with Crippen molar-refractivity contribution in [1.82, 2.24) is 30.2 Å². The third kappa shape index (κ3) is 1.99. The van der Waals surface area contributed by atoms with Crippen LogP contribution in [-0.2, 0) is 6.54 Å². The molecule has 0 spiro atoms. The molecule has 0 bridgehead atoms. The predicted octanol–water partition coefficient (Wildman–Crippen LogP) is 1.72. The molecule has 4 rings (SSSR count). The molecule has 3 heterocycles. The quantitative estimate of drug-likeness (QED) is 0.599. The topological polar surface area (TPSA) is 81.4 Å². The van der Waals surface area contributed by atoms with Crippen LogP contribution in [0.1, 0.15) is 5.56 Å². The summed E-state index contributed by atoms with van der Waals surface area (Å²) >= 11 is 1.62. The van der Waals surface area contributed by atoms with Crippen LogP contribution in [0.2, 0.25) is 0 Å². The second-order valence-electron chi connectivity index (χ2n) is 4.28. The summed E-state index contributed by atoms with van der Waals surface area (Å²) in [5.41, 5.74) is 2.16. The zero-order valence-electron chi connectivity index (χ0n) is 10.3. The van der Waals surface area contributed by atoms with Crippen LogP contribution in [0.3, 0.4) is 0 Å². The first kappa shape index (κ1) is 11.4. The average molecular weight is 283 g/mol. The summed E-state index contributed by atoms with van der Waals surface area (Å²) in [6.07, 6.45) is 4.98. The molecule has 98 valence electrons. The van der Waals surface area contributed by atoms with Crippen LogP contribution in [0.25, 0.3) is 0 Å². The molecule has 0 atom stereocenters. The summed E-state index contributed by atoms with van der Waals surface area (Å²) < 4.78 is 1.69. The number of fused-ring (bicyclic) bond motifs is 2. The molecule has 0 radical (unpaired) electrons. The van der Waals surface area contributed by atoms with Crippen molar-refractivity contribution in [2.75, 3.05) is 5.32 Å². The summed E-state index contributed by atoms with van der Waals surface area (Å²) in [6.45, 7) is 0.639. The van der Waals surface area contributed by atoms with Gasteiger partial charge in [0.15, 0.2) is 5.82 Å². The van der Waals surface area contributed by atoms with Gasteiger partial charge in [-0.2, -0.15) is 0 Å². The minimum atomic E-state index is 0.639. The first-order valence-electron chi connectivity index (χ1n) is 5.98. The number of rotatable bonds is 2. The Balaban J connectivity index is 1.66. The highest BCUT2D eigenvalue weighted by Gasteiger charge is 2.17. The van der Waals surface area contributed by atoms with Gasteiger partial charge in [0.2, 0.25) is 0 Å². The lowest BCUT2D eigenvalue weighted by atomic mass is 10.2. The molecule has 0 amide bonds. The highest BCUT2D eigenvalue weighted by molar-refractivity contribution is 7.99. The summed E-state index contributed by atoms with van der Waals surface area (Å²) in [7, 11) is 0. The Morgan fingerprint density at radius 2 is 2.15 bits per heavy atom. The molecule has 1 aliphatic rings. The van der Waals surface area contributed by atoms with Crippen LogP contribution in [-0.4, -0.2) is 30.2 Å². The standard InChI is InChI=1S/C12H9N7S/c1-2-10-9(5-8(1)6-19-7-15-17-18-19)16-11-12(20-10)14-4-3-13-11/h1-5,7H,6H2,(H,13,16). The molecule has 1 aliphatic heterocycles. The maximum absolute atomic E-state index is 4.31. The van der Waals surface area contributed by atoms with Crippen LogP contribution < -0.4 is 5.32 Å². The smallest absolute Gasteiger partial charge is 0.163 e. The number of nitrogens with one attached hydrogen (secondary N) is 1. The number of hydrogen-bond donors (Lipinski definition) is 1. The number of aromatic nitrogens is 6. The fourth-order valence-electron chi connectivity index (χ4n) is 2.02. The molecule has 20 heavy (non-hydrogen) atoms. The van der Waals surface area contributed by atoms with Gasteiger partial charge >= 0.3 is 0 Å². The van der Waals surface area contributed by atoms with Crippen LogP contribution >= 0.6 is 11.8 Å². The third-order valence-corrected chi connectivity index (χ3v) is 3.97. The van der Waals surface area contributed by atoms with Crippen LogP contribution in [0.5, 0.6) is 0 Å². The van der Waals surface area contributed by atoms with Gasteiger partial charge in [-0.25, -0.2) is 14.6 Å². The first-order chi connectivity index (χ1) is 9.88. The average Bonchev–Trinajstić information content (AvgIpc) is 2.98. The Morgan fingerprint density at radius 1 is 1.20 bits per heavy atom. The van der Waals surface area contributed by atoms with Gasteiger partial charge in [-0.15, -0.1) is 5.10 Å². The number of nitrogens with zero attached hydrogens (tertiary/aromatic N) is 6. The molecular weight excluding hydrogens is 274 g/mol. The van der Waals surface area contributed by atoms with E-state index < -0.39 is 0 Å². The van der Waals surface area contributed by atoms with E-state index in [4.69, 9.17) is 0 Å². The molecule has 0 fully saturated rings. The lowest BCUT2D eigenvalue weighted by molar-refractivity contribution is 0.648. The minimum absolute atomic E-state index is 0.639. The van der Waals surface area contributed by atoms with E-state index in [1.165, 1.54) is 0 Å². The van der Waals surface area contributed by atoms with Gasteiger partial charge in [-0.3, -0.25) is 0 Å². The Morgan fingerprint density at radius 3 is 3.05 bits per heavy atom. The summed E-state index contributed by atoms with van der Waals surface area (Å²) in [4.78, 5) is 9.74. The number of anilines is 2. The van der Waals surface area contributed by atoms with E-state index in [0.717, 1.165) is 27.0 Å². The minimum Gasteiger partial charge on any atom is -0.337 e. The third-order valence-electron chi connectivity index (χ3n) is 2.90. The molecule has 0 aliphatic carbocycles. The monoisotopic (exact) mass is 283 g/mol. The highest BCUT2D eigenvalue weighted by atomic mass is 32.2. The molecule has 2 aromatic heterocycles. The number of benzene rings is 1. The Bertz CT molecular complexity index is 756. The molecule has 3 aromatic rings. The van der Waals surface area contributed by atoms with Gasteiger partial charge in [0.1, 0.15) is 11.4 Å². The highest BCUT2D eigenvalue weighted by Crippen LogP contribution is 2.41. The largest absolute Gasteiger partial charge is 0.337 e. The maximum atomic E-state index is 4.31. The van der Waals surface area contributed by atoms with Crippen molar-refractivity contribution in [2.24, 2.45) is 0 Å². The Hall–Kier alpha value is -2.48. The summed E-state index contributed by atoms with van der Waals surface area (Å²) in [5, 5.41) is 15.3. The molecule has 8 heteroatoms. The van der Waals surface area contributed by atoms with Crippen molar-refractivity contribution in [1.29, 1.82) is 0 Å². The molecule has 7 nitrogen and oxygen atoms in total. The molecule has 1 aromatic carbocycles. The van der Waals surface area contributed by atoms with Crippen LogP contribution in [0, 0.1) is 0 Å². The Labute approximate surface area is 118 Å². The van der Waals surface area contributed by atoms with Crippen molar-refractivity contribution in [3.05, 3.63) is 42.5 Å². The lowest BCUT2D eigenvalue weighted by Crippen LogP contribution is -2.05. The zero-order valence-corrected chi connectivity index (χ0v) is 11.1. The number of tetrazole rings is 1. The molecule has 1 N–H and O–H groups in total. The van der Waals surface area contributed by atoms with E-state index in [1.807, 2.05) is 0 Å². The maximum Gasteiger partial charge on any atom is 0.163 e. The Kier molecular flexibility index (Phi) is 2.59. The SMILES string of the molecule is c1cnc2c(n1)Nc1cc(Cn3cnnn3)ccc1S2. The molecule has 0 saturated carbocycles. The van der Waals surface area contributed by atoms with Gasteiger partial charge in [0, 0.05) is 17.3 Å². The lowest BCUT2D eigenvalue weighted by Gasteiger charge is -2.19. The van der Waals surface area contributed by atoms with E-state index in [2.05, 4.69) is 49.0 Å². The van der Waals surface area contributed by atoms with Gasteiger partial charge in [0.25, 0.3) is 0 Å². The van der Waals surface area contributed by atoms with Crippen molar-refractivity contribution in [2.45, 2.75) is 16.5 Å². The second-order valence-corrected chi connectivity index (χ2v) is 5.31. The first-order valence-corrected chi connectivity index (χ1v) is 6.80. The van der Waals surface area contributed by atoms with E-state index in [-0.39, 0.29) is 0 Å². The van der Waals surface area contributed by atoms with Crippen molar-refractivity contribution in [3.8, 4) is 0 Å². The van der Waals surface area contributed by atoms with E-state index in [1.54, 1.807) is 35.2 Å². The molecule has 0 unspecified atom stereocenters. The van der Waals surface area contributed by atoms with Crippen molar-refractivity contribution < 1.29 is 0 Å². The summed E-state index contributed by atoms with van der Waals surface area (Å²) in [5.74, 6) is 0.796. The summed E-state index contributed by atoms with van der Waals surface area (Å²) in [6, 6.07) is 6.22. The van der Waals surface area contributed by atoms with Gasteiger partial charge < -0.3 is 5.32 Å². The van der Waals surface area contributed by atoms with Gasteiger partial charge in [-0.1, -0.05) is 17.8 Å². The zero-order chi connectivity index (χ0) is 13.4. The molecule has 0 saturated heterocycles. The van der Waals surface area contributed by atoms with Crippen LogP contribution in [0.15, 0.2) is 46.8 Å². The van der Waals surface area contributed by atoms with E-state index in [9.17, 15) is 0 Å². The normalized spacial score (nSPS) is 12.4. The second kappa shape index (κ2) is 4.57. The van der Waals surface area contributed by atoms with Crippen molar-refractivity contribution >= 4 is 23.3 Å². The van der Waals surface area contributed by atoms with E-state index in [0.29, 0.717) is 6.54 Å². The fourth-order valence-corrected chi connectivity index (χ4v) is 2.90. The van der Waals surface area contributed by atoms with Gasteiger partial charge in [-0.05, 0) is 28.1 Å².